The van der Waals surface area contributed by atoms with Gasteiger partial charge < -0.3 is 15.0 Å². The van der Waals surface area contributed by atoms with Crippen LogP contribution in [0.2, 0.25) is 0 Å². The molecule has 0 unspecified atom stereocenters. The van der Waals surface area contributed by atoms with Crippen LogP contribution in [-0.4, -0.2) is 38.3 Å². The van der Waals surface area contributed by atoms with Gasteiger partial charge in [-0.3, -0.25) is 0 Å². The van der Waals surface area contributed by atoms with Crippen LogP contribution < -0.4 is 10.2 Å². The Hall–Kier alpha value is -1.55. The molecular formula is C14H20N2O2. The second-order valence-corrected chi connectivity index (χ2v) is 5.27. The van der Waals surface area contributed by atoms with Gasteiger partial charge in [0.2, 0.25) is 0 Å². The second kappa shape index (κ2) is 4.98. The normalized spacial score (nSPS) is 18.5. The summed E-state index contributed by atoms with van der Waals surface area (Å²) in [5.74, 6) is -0.286. The summed E-state index contributed by atoms with van der Waals surface area (Å²) >= 11 is 0. The van der Waals surface area contributed by atoms with E-state index < -0.39 is 0 Å². The van der Waals surface area contributed by atoms with Gasteiger partial charge in [-0.25, -0.2) is 4.79 Å². The maximum Gasteiger partial charge on any atom is 0.337 e. The minimum atomic E-state index is -0.286. The zero-order valence-corrected chi connectivity index (χ0v) is 11.2. The van der Waals surface area contributed by atoms with E-state index >= 15 is 0 Å². The molecule has 98 valence electrons. The van der Waals surface area contributed by atoms with Gasteiger partial charge in [-0.05, 0) is 32.0 Å². The number of carbonyl (C=O) groups excluding carboxylic acids is 1. The number of hydrogen-bond acceptors (Lipinski definition) is 4. The number of piperazine rings is 1. The number of hydrogen-bond donors (Lipinski definition) is 1. The first kappa shape index (κ1) is 12.9. The molecule has 18 heavy (non-hydrogen) atoms. The van der Waals surface area contributed by atoms with E-state index in [4.69, 9.17) is 4.74 Å². The van der Waals surface area contributed by atoms with Crippen LogP contribution >= 0.6 is 0 Å². The summed E-state index contributed by atoms with van der Waals surface area (Å²) < 4.78 is 4.75. The Morgan fingerprint density at radius 3 is 2.89 bits per heavy atom. The average molecular weight is 248 g/mol. The van der Waals surface area contributed by atoms with Gasteiger partial charge in [0, 0.05) is 30.9 Å². The second-order valence-electron chi connectivity index (χ2n) is 5.27. The van der Waals surface area contributed by atoms with E-state index in [9.17, 15) is 4.79 Å². The molecule has 0 radical (unpaired) electrons. The minimum absolute atomic E-state index is 0.0967. The first-order valence-corrected chi connectivity index (χ1v) is 6.20. The van der Waals surface area contributed by atoms with Crippen molar-refractivity contribution in [1.82, 2.24) is 5.32 Å². The fourth-order valence-corrected chi connectivity index (χ4v) is 2.31. The number of nitrogens with zero attached hydrogens (tertiary/aromatic N) is 1. The Labute approximate surface area is 108 Å². The molecule has 0 saturated carbocycles. The lowest BCUT2D eigenvalue weighted by molar-refractivity contribution is 0.0601. The maximum atomic E-state index is 11.5. The summed E-state index contributed by atoms with van der Waals surface area (Å²) in [6.07, 6.45) is 0. The highest BCUT2D eigenvalue weighted by Crippen LogP contribution is 2.21. The van der Waals surface area contributed by atoms with Crippen LogP contribution in [0.25, 0.3) is 0 Å². The van der Waals surface area contributed by atoms with E-state index in [0.29, 0.717) is 5.56 Å². The van der Waals surface area contributed by atoms with Gasteiger partial charge in [0.1, 0.15) is 0 Å². The molecule has 1 heterocycles. The molecular weight excluding hydrogens is 228 g/mol. The zero-order valence-electron chi connectivity index (χ0n) is 11.2. The number of carbonyl (C=O) groups is 1. The third kappa shape index (κ3) is 2.82. The van der Waals surface area contributed by atoms with Crippen molar-refractivity contribution in [3.05, 3.63) is 29.8 Å². The molecule has 1 fully saturated rings. The summed E-state index contributed by atoms with van der Waals surface area (Å²) in [7, 11) is 1.41. The van der Waals surface area contributed by atoms with Crippen molar-refractivity contribution in [2.75, 3.05) is 31.6 Å². The molecule has 0 spiro atoms. The van der Waals surface area contributed by atoms with Gasteiger partial charge in [-0.2, -0.15) is 0 Å². The highest BCUT2D eigenvalue weighted by Gasteiger charge is 2.26. The van der Waals surface area contributed by atoms with Crippen LogP contribution in [0.3, 0.4) is 0 Å². The lowest BCUT2D eigenvalue weighted by Crippen LogP contribution is -2.57. The van der Waals surface area contributed by atoms with Crippen molar-refractivity contribution < 1.29 is 9.53 Å². The number of anilines is 1. The van der Waals surface area contributed by atoms with E-state index in [2.05, 4.69) is 24.1 Å². The zero-order chi connectivity index (χ0) is 13.2. The maximum absolute atomic E-state index is 11.5. The smallest absolute Gasteiger partial charge is 0.337 e. The van der Waals surface area contributed by atoms with E-state index in [1.54, 1.807) is 6.07 Å². The molecule has 1 aliphatic heterocycles. The lowest BCUT2D eigenvalue weighted by atomic mass is 10.0. The summed E-state index contributed by atoms with van der Waals surface area (Å²) in [5.41, 5.74) is 1.78. The lowest BCUT2D eigenvalue weighted by Gasteiger charge is -2.40. The van der Waals surface area contributed by atoms with Gasteiger partial charge in [-0.1, -0.05) is 6.07 Å². The van der Waals surface area contributed by atoms with E-state index in [1.807, 2.05) is 18.2 Å². The highest BCUT2D eigenvalue weighted by molar-refractivity contribution is 5.90. The number of ether oxygens (including phenoxy) is 1. The fourth-order valence-electron chi connectivity index (χ4n) is 2.31. The van der Waals surface area contributed by atoms with Gasteiger partial charge >= 0.3 is 5.97 Å². The Morgan fingerprint density at radius 2 is 2.22 bits per heavy atom. The van der Waals surface area contributed by atoms with Crippen molar-refractivity contribution >= 4 is 11.7 Å². The molecule has 0 bridgehead atoms. The van der Waals surface area contributed by atoms with Crippen LogP contribution in [0, 0.1) is 0 Å². The van der Waals surface area contributed by atoms with Crippen LogP contribution in [0.5, 0.6) is 0 Å². The van der Waals surface area contributed by atoms with Gasteiger partial charge in [-0.15, -0.1) is 0 Å². The molecule has 0 aliphatic carbocycles. The van der Waals surface area contributed by atoms with Crippen LogP contribution in [-0.2, 0) is 4.74 Å². The Kier molecular flexibility index (Phi) is 3.57. The molecule has 1 N–H and O–H groups in total. The summed E-state index contributed by atoms with van der Waals surface area (Å²) in [5, 5.41) is 3.47. The van der Waals surface area contributed by atoms with Crippen molar-refractivity contribution in [3.63, 3.8) is 0 Å². The van der Waals surface area contributed by atoms with Gasteiger partial charge in [0.05, 0.1) is 12.7 Å². The Bertz CT molecular complexity index is 443. The molecule has 1 saturated heterocycles. The number of benzene rings is 1. The number of esters is 1. The molecule has 4 nitrogen and oxygen atoms in total. The topological polar surface area (TPSA) is 41.6 Å². The molecule has 0 aromatic heterocycles. The predicted octanol–water partition coefficient (Wildman–Crippen LogP) is 1.66. The quantitative estimate of drug-likeness (QED) is 0.808. The molecule has 0 atom stereocenters. The first-order valence-electron chi connectivity index (χ1n) is 6.20. The third-order valence-electron chi connectivity index (χ3n) is 3.20. The predicted molar refractivity (Wildman–Crippen MR) is 72.1 cm³/mol. The monoisotopic (exact) mass is 248 g/mol. The summed E-state index contributed by atoms with van der Waals surface area (Å²) in [6.45, 7) is 7.20. The van der Waals surface area contributed by atoms with Crippen LogP contribution in [0.1, 0.15) is 24.2 Å². The Morgan fingerprint density at radius 1 is 1.44 bits per heavy atom. The molecule has 1 aromatic rings. The van der Waals surface area contributed by atoms with Gasteiger partial charge in [0.15, 0.2) is 0 Å². The number of rotatable bonds is 2. The fraction of sp³-hybridized carbons (Fsp3) is 0.500. The van der Waals surface area contributed by atoms with E-state index in [0.717, 1.165) is 25.3 Å². The number of methoxy groups -OCH3 is 1. The first-order chi connectivity index (χ1) is 8.52. The van der Waals surface area contributed by atoms with Crippen molar-refractivity contribution in [2.45, 2.75) is 19.4 Å². The largest absolute Gasteiger partial charge is 0.465 e. The van der Waals surface area contributed by atoms with Crippen LogP contribution in [0.4, 0.5) is 5.69 Å². The highest BCUT2D eigenvalue weighted by atomic mass is 16.5. The molecule has 2 rings (SSSR count). The SMILES string of the molecule is COC(=O)c1cccc(N2CCNC(C)(C)C2)c1. The minimum Gasteiger partial charge on any atom is -0.465 e. The van der Waals surface area contributed by atoms with E-state index in [1.165, 1.54) is 7.11 Å². The van der Waals surface area contributed by atoms with Crippen molar-refractivity contribution in [1.29, 1.82) is 0 Å². The van der Waals surface area contributed by atoms with Crippen LogP contribution in [0.15, 0.2) is 24.3 Å². The average Bonchev–Trinajstić information content (AvgIpc) is 2.37. The van der Waals surface area contributed by atoms with Crippen molar-refractivity contribution in [2.24, 2.45) is 0 Å². The van der Waals surface area contributed by atoms with Crippen molar-refractivity contribution in [3.8, 4) is 0 Å². The Balaban J connectivity index is 2.20. The summed E-state index contributed by atoms with van der Waals surface area (Å²) in [4.78, 5) is 13.8. The molecule has 1 aliphatic rings. The van der Waals surface area contributed by atoms with Gasteiger partial charge in [0.25, 0.3) is 0 Å². The summed E-state index contributed by atoms with van der Waals surface area (Å²) in [6, 6.07) is 7.61. The molecule has 1 aromatic carbocycles. The number of nitrogens with one attached hydrogen (secondary N) is 1. The third-order valence-corrected chi connectivity index (χ3v) is 3.20. The molecule has 0 amide bonds. The standard InChI is InChI=1S/C14H20N2O2/c1-14(2)10-16(8-7-15-14)12-6-4-5-11(9-12)13(17)18-3/h4-6,9,15H,7-8,10H2,1-3H3. The molecule has 4 heteroatoms. The van der Waals surface area contributed by atoms with E-state index in [-0.39, 0.29) is 11.5 Å².